The summed E-state index contributed by atoms with van der Waals surface area (Å²) in [6.07, 6.45) is 0. The maximum absolute atomic E-state index is 13.6. The molecule has 0 spiro atoms. The molecule has 2 bridgehead atoms. The first kappa shape index (κ1) is 21.4. The molecule has 1 aromatic heterocycles. The molecule has 2 saturated carbocycles. The minimum Gasteiger partial charge on any atom is -0.342 e. The fourth-order valence-corrected chi connectivity index (χ4v) is 7.89. The molecule has 12 heteroatoms. The van der Waals surface area contributed by atoms with E-state index in [9.17, 15) is 36.0 Å². The summed E-state index contributed by atoms with van der Waals surface area (Å²) in [5.41, 5.74) is -0.291. The van der Waals surface area contributed by atoms with E-state index in [4.69, 9.17) is 0 Å². The molecule has 4 heterocycles. The van der Waals surface area contributed by atoms with Crippen LogP contribution in [-0.2, 0) is 14.6 Å². The Morgan fingerprint density at radius 1 is 1.09 bits per heavy atom. The Morgan fingerprint density at radius 2 is 1.68 bits per heavy atom. The molecule has 8 nitrogen and oxygen atoms in total. The Morgan fingerprint density at radius 3 is 2.24 bits per heavy atom. The molecule has 0 radical (unpaired) electrons. The molecule has 1 aromatic carbocycles. The molecule has 34 heavy (non-hydrogen) atoms. The third-order valence-electron chi connectivity index (χ3n) is 7.26. The highest BCUT2D eigenvalue weighted by Gasteiger charge is 2.81. The maximum Gasteiger partial charge on any atom is 0.292 e. The topological polar surface area (TPSA) is 114 Å². The lowest BCUT2D eigenvalue weighted by molar-refractivity contribution is -0.118. The van der Waals surface area contributed by atoms with E-state index in [0.29, 0.717) is 29.7 Å². The Balaban J connectivity index is 1.32. The SMILES string of the molecule is Cc1c(C(=O)C(=O)NC2(C)CS(=O)(=O)C2)c2n(c1C(=O)Nc1cc(F)c(F)c(F)c1)[C@@H]1C3C2[C@@H]31. The lowest BCUT2D eigenvalue weighted by Crippen LogP contribution is -2.64. The molecule has 2 aliphatic carbocycles. The molecule has 2 aromatic rings. The first-order valence-electron chi connectivity index (χ1n) is 10.6. The maximum atomic E-state index is 13.6. The number of rotatable bonds is 5. The van der Waals surface area contributed by atoms with Gasteiger partial charge in [0, 0.05) is 35.5 Å². The first-order valence-corrected chi connectivity index (χ1v) is 12.4. The molecular formula is C22H18F3N3O5S. The van der Waals surface area contributed by atoms with Crippen molar-refractivity contribution in [3.05, 3.63) is 52.1 Å². The number of carbonyl (C=O) groups excluding carboxylic acids is 3. The predicted octanol–water partition coefficient (Wildman–Crippen LogP) is 1.85. The van der Waals surface area contributed by atoms with E-state index in [1.54, 1.807) is 4.57 Å². The Labute approximate surface area is 191 Å². The van der Waals surface area contributed by atoms with Crippen molar-refractivity contribution < 1.29 is 36.0 Å². The monoisotopic (exact) mass is 493 g/mol. The summed E-state index contributed by atoms with van der Waals surface area (Å²) in [6.45, 7) is 3.05. The van der Waals surface area contributed by atoms with Gasteiger partial charge in [-0.05, 0) is 31.2 Å². The molecular weight excluding hydrogens is 475 g/mol. The van der Waals surface area contributed by atoms with Gasteiger partial charge in [0.15, 0.2) is 27.3 Å². The van der Waals surface area contributed by atoms with E-state index in [2.05, 4.69) is 10.6 Å². The van der Waals surface area contributed by atoms with Crippen molar-refractivity contribution >= 4 is 33.1 Å². The van der Waals surface area contributed by atoms with Gasteiger partial charge in [0.2, 0.25) is 0 Å². The number of benzene rings is 1. The van der Waals surface area contributed by atoms with Crippen molar-refractivity contribution in [1.29, 1.82) is 0 Å². The Kier molecular flexibility index (Phi) is 3.96. The van der Waals surface area contributed by atoms with Crippen LogP contribution >= 0.6 is 0 Å². The average molecular weight is 493 g/mol. The number of nitrogens with zero attached hydrogens (tertiary/aromatic N) is 1. The van der Waals surface area contributed by atoms with Gasteiger partial charge in [-0.1, -0.05) is 0 Å². The van der Waals surface area contributed by atoms with E-state index in [1.165, 1.54) is 13.8 Å². The third kappa shape index (κ3) is 2.77. The number of Topliss-reactive ketones (excluding diaryl/α,β-unsaturated/α-hetero) is 1. The number of nitrogens with one attached hydrogen (secondary N) is 2. The van der Waals surface area contributed by atoms with Crippen LogP contribution in [0.3, 0.4) is 0 Å². The van der Waals surface area contributed by atoms with Crippen molar-refractivity contribution in [3.63, 3.8) is 0 Å². The van der Waals surface area contributed by atoms with E-state index >= 15 is 0 Å². The summed E-state index contributed by atoms with van der Waals surface area (Å²) in [5.74, 6) is -7.01. The van der Waals surface area contributed by atoms with Crippen LogP contribution in [0, 0.1) is 36.2 Å². The van der Waals surface area contributed by atoms with Gasteiger partial charge in [-0.25, -0.2) is 21.6 Å². The molecule has 2 N–H and O–H groups in total. The van der Waals surface area contributed by atoms with Crippen LogP contribution in [-0.4, -0.2) is 47.6 Å². The lowest BCUT2D eigenvalue weighted by atomic mass is 9.98. The molecule has 7 rings (SSSR count). The average Bonchev–Trinajstić information content (AvgIpc) is 3.49. The van der Waals surface area contributed by atoms with Crippen LogP contribution in [0.1, 0.15) is 51.0 Å². The van der Waals surface area contributed by atoms with Gasteiger partial charge in [0.1, 0.15) is 5.69 Å². The number of aromatic nitrogens is 1. The fourth-order valence-electron chi connectivity index (χ4n) is 5.89. The molecule has 3 fully saturated rings. The van der Waals surface area contributed by atoms with Crippen LogP contribution in [0.5, 0.6) is 0 Å². The number of hydrogen-bond acceptors (Lipinski definition) is 5. The standard InChI is InChI=1S/C22H18F3N3O5S/c1-7-11(19(29)21(31)27-22(2)5-34(32,33)6-22)17-12-13-14(12)18(13)28(17)16(7)20(30)26-8-3-9(23)15(25)10(24)4-8/h3-4,12-14,18H,5-6H2,1-2H3,(H,26,30)(H,27,31)/t12?,13-,14?,18-/m0/s1. The second-order valence-electron chi connectivity index (χ2n) is 9.86. The van der Waals surface area contributed by atoms with Gasteiger partial charge in [-0.3, -0.25) is 14.4 Å². The summed E-state index contributed by atoms with van der Waals surface area (Å²) in [7, 11) is -3.25. The highest BCUT2D eigenvalue weighted by molar-refractivity contribution is 7.93. The molecule has 178 valence electrons. The van der Waals surface area contributed by atoms with Gasteiger partial charge >= 0.3 is 0 Å². The second-order valence-corrected chi connectivity index (χ2v) is 11.9. The molecule has 2 amide bonds. The van der Waals surface area contributed by atoms with Crippen molar-refractivity contribution in [3.8, 4) is 0 Å². The smallest absolute Gasteiger partial charge is 0.292 e. The van der Waals surface area contributed by atoms with E-state index in [-0.39, 0.29) is 46.0 Å². The number of amides is 2. The van der Waals surface area contributed by atoms with Gasteiger partial charge < -0.3 is 15.2 Å². The number of anilines is 1. The molecule has 3 aliphatic heterocycles. The minimum atomic E-state index is -3.25. The second kappa shape index (κ2) is 6.29. The van der Waals surface area contributed by atoms with Crippen LogP contribution in [0.2, 0.25) is 0 Å². The van der Waals surface area contributed by atoms with E-state index in [0.717, 1.165) is 0 Å². The van der Waals surface area contributed by atoms with Crippen molar-refractivity contribution in [2.75, 3.05) is 16.8 Å². The Hall–Kier alpha value is -3.15. The van der Waals surface area contributed by atoms with Gasteiger partial charge in [0.05, 0.1) is 22.6 Å². The number of halogens is 3. The summed E-state index contributed by atoms with van der Waals surface area (Å²) >= 11 is 0. The fraction of sp³-hybridized carbons (Fsp3) is 0.409. The largest absolute Gasteiger partial charge is 0.342 e. The number of sulfone groups is 1. The van der Waals surface area contributed by atoms with Crippen molar-refractivity contribution in [2.45, 2.75) is 31.3 Å². The van der Waals surface area contributed by atoms with Crippen LogP contribution in [0.4, 0.5) is 18.9 Å². The van der Waals surface area contributed by atoms with Crippen LogP contribution in [0.15, 0.2) is 12.1 Å². The molecule has 1 saturated heterocycles. The first-order chi connectivity index (χ1) is 15.8. The van der Waals surface area contributed by atoms with Crippen molar-refractivity contribution in [2.24, 2.45) is 11.8 Å². The predicted molar refractivity (Wildman–Crippen MR) is 112 cm³/mol. The third-order valence-corrected chi connectivity index (χ3v) is 9.42. The van der Waals surface area contributed by atoms with E-state index in [1.807, 2.05) is 0 Å². The molecule has 4 atom stereocenters. The highest BCUT2D eigenvalue weighted by atomic mass is 32.2. The highest BCUT2D eigenvalue weighted by Crippen LogP contribution is 2.86. The minimum absolute atomic E-state index is 0.0278. The Bertz CT molecular complexity index is 1440. The zero-order valence-electron chi connectivity index (χ0n) is 17.9. The summed E-state index contributed by atoms with van der Waals surface area (Å²) < 4.78 is 65.2. The lowest BCUT2D eigenvalue weighted by Gasteiger charge is -2.38. The van der Waals surface area contributed by atoms with Gasteiger partial charge in [-0.2, -0.15) is 0 Å². The van der Waals surface area contributed by atoms with Crippen LogP contribution < -0.4 is 10.6 Å². The quantitative estimate of drug-likeness (QED) is 0.375. The summed E-state index contributed by atoms with van der Waals surface area (Å²) in [5, 5.41) is 4.85. The van der Waals surface area contributed by atoms with Crippen LogP contribution in [0.25, 0.3) is 0 Å². The zero-order valence-corrected chi connectivity index (χ0v) is 18.7. The molecule has 5 aliphatic rings. The number of hydrogen-bond donors (Lipinski definition) is 2. The zero-order chi connectivity index (χ0) is 24.5. The number of carbonyl (C=O) groups is 3. The van der Waals surface area contributed by atoms with E-state index < -0.39 is 50.4 Å². The van der Waals surface area contributed by atoms with Crippen molar-refractivity contribution in [1.82, 2.24) is 9.88 Å². The number of ketones is 1. The van der Waals surface area contributed by atoms with Gasteiger partial charge in [-0.15, -0.1) is 0 Å². The summed E-state index contributed by atoms with van der Waals surface area (Å²) in [4.78, 5) is 39.0. The van der Waals surface area contributed by atoms with Gasteiger partial charge in [0.25, 0.3) is 17.6 Å². The molecule has 2 unspecified atom stereocenters. The normalized spacial score (nSPS) is 27.8. The summed E-state index contributed by atoms with van der Waals surface area (Å²) in [6, 6.07) is 1.33.